The van der Waals surface area contributed by atoms with E-state index in [1.54, 1.807) is 7.11 Å². The molecular weight excluding hydrogens is 562 g/mol. The minimum absolute atomic E-state index is 0.225. The molecule has 1 aliphatic heterocycles. The van der Waals surface area contributed by atoms with Gasteiger partial charge in [0.1, 0.15) is 29.1 Å². The third-order valence-electron chi connectivity index (χ3n) is 8.09. The summed E-state index contributed by atoms with van der Waals surface area (Å²) in [6, 6.07) is 27.8. The van der Waals surface area contributed by atoms with Crippen LogP contribution in [0.25, 0.3) is 11.2 Å². The second-order valence-electron chi connectivity index (χ2n) is 10.8. The Kier molecular flexibility index (Phi) is 7.95. The van der Waals surface area contributed by atoms with Gasteiger partial charge in [0.05, 0.1) is 26.7 Å². The molecule has 0 bridgehead atoms. The topological polar surface area (TPSA) is 144 Å². The Morgan fingerprint density at radius 3 is 2.11 bits per heavy atom. The van der Waals surface area contributed by atoms with E-state index in [0.29, 0.717) is 17.8 Å². The first-order chi connectivity index (χ1) is 21.3. The van der Waals surface area contributed by atoms with Crippen molar-refractivity contribution in [1.82, 2.24) is 19.5 Å². The number of hydrogen-bond acceptors (Lipinski definition) is 10. The van der Waals surface area contributed by atoms with E-state index in [2.05, 4.69) is 10.3 Å². The number of aliphatic hydroxyl groups excluding tert-OH is 2. The van der Waals surface area contributed by atoms with Gasteiger partial charge in [-0.2, -0.15) is 9.97 Å². The van der Waals surface area contributed by atoms with Crippen LogP contribution in [0.5, 0.6) is 11.6 Å². The molecule has 5 aromatic rings. The number of aliphatic hydroxyl groups is 3. The van der Waals surface area contributed by atoms with E-state index in [9.17, 15) is 15.3 Å². The highest BCUT2D eigenvalue weighted by Gasteiger charge is 2.53. The number of benzene rings is 3. The van der Waals surface area contributed by atoms with Crippen LogP contribution in [0.2, 0.25) is 0 Å². The van der Waals surface area contributed by atoms with Gasteiger partial charge in [0.25, 0.3) is 0 Å². The molecule has 44 heavy (non-hydrogen) atoms. The highest BCUT2D eigenvalue weighted by atomic mass is 16.6. The lowest BCUT2D eigenvalue weighted by molar-refractivity contribution is -0.0950. The predicted octanol–water partition coefficient (Wildman–Crippen LogP) is 3.64. The van der Waals surface area contributed by atoms with Crippen molar-refractivity contribution >= 4 is 17.1 Å². The third-order valence-corrected chi connectivity index (χ3v) is 8.09. The van der Waals surface area contributed by atoms with Crippen molar-refractivity contribution in [3.63, 3.8) is 0 Å². The molecule has 11 nitrogen and oxygen atoms in total. The summed E-state index contributed by atoms with van der Waals surface area (Å²) >= 11 is 0. The molecule has 0 amide bonds. The lowest BCUT2D eigenvalue weighted by atomic mass is 9.77. The smallest absolute Gasteiger partial charge is 0.247 e. The fraction of sp³-hybridized carbons (Fsp3) is 0.303. The predicted molar refractivity (Wildman–Crippen MR) is 164 cm³/mol. The number of aromatic nitrogens is 4. The van der Waals surface area contributed by atoms with Gasteiger partial charge in [0, 0.05) is 0 Å². The molecule has 4 atom stereocenters. The summed E-state index contributed by atoms with van der Waals surface area (Å²) in [4.78, 5) is 14.2. The number of fused-ring (bicyclic) bond motifs is 1. The average Bonchev–Trinajstić information content (AvgIpc) is 3.58. The summed E-state index contributed by atoms with van der Waals surface area (Å²) in [5, 5.41) is 35.3. The first-order valence-electron chi connectivity index (χ1n) is 14.4. The largest absolute Gasteiger partial charge is 0.497 e. The minimum Gasteiger partial charge on any atom is -0.497 e. The molecule has 0 saturated carbocycles. The van der Waals surface area contributed by atoms with Gasteiger partial charge in [-0.05, 0) is 42.7 Å². The summed E-state index contributed by atoms with van der Waals surface area (Å²) in [6.45, 7) is 3.15. The van der Waals surface area contributed by atoms with Crippen molar-refractivity contribution in [2.75, 3.05) is 25.6 Å². The number of hydrogen-bond donors (Lipinski definition) is 4. The van der Waals surface area contributed by atoms with Gasteiger partial charge in [-0.15, -0.1) is 0 Å². The monoisotopic (exact) mass is 597 g/mol. The van der Waals surface area contributed by atoms with E-state index in [1.807, 2.05) is 91.9 Å². The van der Waals surface area contributed by atoms with Crippen LogP contribution in [0.1, 0.15) is 36.8 Å². The van der Waals surface area contributed by atoms with Crippen molar-refractivity contribution in [2.45, 2.75) is 43.4 Å². The molecule has 4 N–H and O–H groups in total. The molecule has 1 fully saturated rings. The summed E-state index contributed by atoms with van der Waals surface area (Å²) in [5.74, 6) is 1.18. The van der Waals surface area contributed by atoms with Crippen molar-refractivity contribution in [3.05, 3.63) is 108 Å². The molecule has 2 aromatic heterocycles. The molecule has 0 unspecified atom stereocenters. The van der Waals surface area contributed by atoms with Gasteiger partial charge >= 0.3 is 0 Å². The van der Waals surface area contributed by atoms with Crippen LogP contribution in [0.3, 0.4) is 0 Å². The SMILES string of the molecule is CCOc1nc(NC(c2ccccc2)(c2ccccc2)c2ccc(OC)cc2)nc2c1ncn2[C@@H]1O[C@H](CO)[C@@H](O)[C@@]1(C)O. The van der Waals surface area contributed by atoms with E-state index in [0.717, 1.165) is 22.4 Å². The van der Waals surface area contributed by atoms with Crippen molar-refractivity contribution in [1.29, 1.82) is 0 Å². The molecule has 1 saturated heterocycles. The number of ether oxygens (including phenoxy) is 3. The zero-order valence-corrected chi connectivity index (χ0v) is 24.7. The van der Waals surface area contributed by atoms with Crippen LogP contribution >= 0.6 is 0 Å². The van der Waals surface area contributed by atoms with Crippen LogP contribution in [0.4, 0.5) is 5.95 Å². The van der Waals surface area contributed by atoms with Crippen LogP contribution in [0.15, 0.2) is 91.3 Å². The fourth-order valence-corrected chi connectivity index (χ4v) is 5.85. The summed E-state index contributed by atoms with van der Waals surface area (Å²) in [5.41, 5.74) is 0.725. The standard InChI is InChI=1S/C33H35N5O6/c1-4-43-29-26-28(38(20-34-26)30-32(2,41)27(40)25(19-39)44-30)35-31(36-29)37-33(21-11-7-5-8-12-21,22-13-9-6-10-14-22)23-15-17-24(42-3)18-16-23/h5-18,20,25,27,30,39-41H,4,19H2,1-3H3,(H,35,36,37)/t25-,27-,30-,32-/m1/s1. The molecule has 0 radical (unpaired) electrons. The Bertz CT molecular complexity index is 1670. The first-order valence-corrected chi connectivity index (χ1v) is 14.4. The molecule has 11 heteroatoms. The third kappa shape index (κ3) is 4.93. The second kappa shape index (κ2) is 11.9. The number of anilines is 1. The molecule has 3 heterocycles. The summed E-state index contributed by atoms with van der Waals surface area (Å²) < 4.78 is 18.8. The van der Waals surface area contributed by atoms with E-state index in [1.165, 1.54) is 17.8 Å². The average molecular weight is 598 g/mol. The van der Waals surface area contributed by atoms with E-state index in [4.69, 9.17) is 24.2 Å². The molecule has 0 spiro atoms. The zero-order chi connectivity index (χ0) is 30.9. The van der Waals surface area contributed by atoms with Gasteiger partial charge in [-0.1, -0.05) is 72.8 Å². The molecule has 1 aliphatic rings. The van der Waals surface area contributed by atoms with Gasteiger partial charge in [-0.25, -0.2) is 4.98 Å². The number of rotatable bonds is 10. The maximum Gasteiger partial charge on any atom is 0.247 e. The van der Waals surface area contributed by atoms with Crippen LogP contribution in [-0.4, -0.2) is 73.0 Å². The van der Waals surface area contributed by atoms with Crippen molar-refractivity contribution in [3.8, 4) is 11.6 Å². The van der Waals surface area contributed by atoms with Gasteiger partial charge in [0.2, 0.25) is 11.8 Å². The summed E-state index contributed by atoms with van der Waals surface area (Å²) in [7, 11) is 1.63. The van der Waals surface area contributed by atoms with Crippen LogP contribution in [-0.2, 0) is 10.3 Å². The molecule has 3 aromatic carbocycles. The minimum atomic E-state index is -1.74. The zero-order valence-electron chi connectivity index (χ0n) is 24.7. The second-order valence-corrected chi connectivity index (χ2v) is 10.8. The maximum atomic E-state index is 11.2. The first kappa shape index (κ1) is 29.5. The van der Waals surface area contributed by atoms with Crippen LogP contribution < -0.4 is 14.8 Å². The molecule has 0 aliphatic carbocycles. The lowest BCUT2D eigenvalue weighted by Crippen LogP contribution is -2.44. The number of imidazole rings is 1. The highest BCUT2D eigenvalue weighted by Crippen LogP contribution is 2.42. The van der Waals surface area contributed by atoms with Gasteiger partial charge in [0.15, 0.2) is 17.4 Å². The Hall–Kier alpha value is -4.55. The Morgan fingerprint density at radius 2 is 1.57 bits per heavy atom. The number of methoxy groups -OCH3 is 1. The molecule has 228 valence electrons. The quantitative estimate of drug-likeness (QED) is 0.176. The Balaban J connectivity index is 1.57. The Labute approximate surface area is 254 Å². The number of nitrogens with zero attached hydrogens (tertiary/aromatic N) is 4. The number of nitrogens with one attached hydrogen (secondary N) is 1. The summed E-state index contributed by atoms with van der Waals surface area (Å²) in [6.07, 6.45) is -1.95. The lowest BCUT2D eigenvalue weighted by Gasteiger charge is -2.37. The normalized spacial score (nSPS) is 21.8. The van der Waals surface area contributed by atoms with Gasteiger partial charge < -0.3 is 34.8 Å². The fourth-order valence-electron chi connectivity index (χ4n) is 5.85. The molecular formula is C33H35N5O6. The van der Waals surface area contributed by atoms with E-state index >= 15 is 0 Å². The van der Waals surface area contributed by atoms with E-state index < -0.39 is 36.2 Å². The van der Waals surface area contributed by atoms with Crippen LogP contribution in [0, 0.1) is 0 Å². The van der Waals surface area contributed by atoms with Crippen molar-refractivity contribution < 1.29 is 29.5 Å². The maximum absolute atomic E-state index is 11.2. The van der Waals surface area contributed by atoms with Crippen molar-refractivity contribution in [2.24, 2.45) is 0 Å². The molecule has 6 rings (SSSR count). The van der Waals surface area contributed by atoms with Gasteiger partial charge in [-0.3, -0.25) is 4.57 Å². The highest BCUT2D eigenvalue weighted by molar-refractivity contribution is 5.78. The van der Waals surface area contributed by atoms with E-state index in [-0.39, 0.29) is 11.8 Å². The Morgan fingerprint density at radius 1 is 0.955 bits per heavy atom.